The average Bonchev–Trinajstić information content (AvgIpc) is 2.95. The first-order valence-electron chi connectivity index (χ1n) is 6.19. The molecule has 19 heavy (non-hydrogen) atoms. The number of thioether (sulfide) groups is 1. The van der Waals surface area contributed by atoms with Crippen molar-refractivity contribution in [3.8, 4) is 11.4 Å². The van der Waals surface area contributed by atoms with Crippen LogP contribution < -0.4 is 0 Å². The Kier molecular flexibility index (Phi) is 3.33. The van der Waals surface area contributed by atoms with Gasteiger partial charge in [0.15, 0.2) is 5.65 Å². The molecule has 3 aromatic heterocycles. The molecule has 0 aliphatic rings. The van der Waals surface area contributed by atoms with Crippen LogP contribution in [0, 0.1) is 6.92 Å². The first-order valence-corrected chi connectivity index (χ1v) is 8.12. The minimum atomic E-state index is 0.944. The number of pyridine rings is 1. The van der Waals surface area contributed by atoms with Gasteiger partial charge in [0.25, 0.3) is 0 Å². The number of rotatable bonds is 3. The van der Waals surface area contributed by atoms with E-state index in [1.807, 2.05) is 31.9 Å². The molecule has 0 aliphatic heterocycles. The lowest BCUT2D eigenvalue weighted by Gasteiger charge is -2.02. The second-order valence-electron chi connectivity index (χ2n) is 4.43. The predicted octanol–water partition coefficient (Wildman–Crippen LogP) is 4.12. The molecule has 0 saturated heterocycles. The quantitative estimate of drug-likeness (QED) is 0.680. The van der Waals surface area contributed by atoms with Gasteiger partial charge in [-0.2, -0.15) is 11.3 Å². The lowest BCUT2D eigenvalue weighted by atomic mass is 10.3. The molecule has 3 heterocycles. The number of nitrogens with zero attached hydrogens (tertiary/aromatic N) is 3. The summed E-state index contributed by atoms with van der Waals surface area (Å²) >= 11 is 3.59. The molecule has 3 rings (SSSR count). The van der Waals surface area contributed by atoms with Crippen LogP contribution in [-0.2, 0) is 7.05 Å². The highest BCUT2D eigenvalue weighted by molar-refractivity contribution is 7.99. The van der Waals surface area contributed by atoms with E-state index in [0.29, 0.717) is 0 Å². The highest BCUT2D eigenvalue weighted by Crippen LogP contribution is 2.35. The van der Waals surface area contributed by atoms with E-state index in [9.17, 15) is 0 Å². The third-order valence-electron chi connectivity index (χ3n) is 3.01. The van der Waals surface area contributed by atoms with Gasteiger partial charge in [0.2, 0.25) is 0 Å². The zero-order valence-corrected chi connectivity index (χ0v) is 12.8. The van der Waals surface area contributed by atoms with Crippen molar-refractivity contribution < 1.29 is 0 Å². The Morgan fingerprint density at radius 2 is 2.21 bits per heavy atom. The Morgan fingerprint density at radius 1 is 1.37 bits per heavy atom. The van der Waals surface area contributed by atoms with Crippen LogP contribution in [0.1, 0.15) is 12.5 Å². The first-order chi connectivity index (χ1) is 9.20. The van der Waals surface area contributed by atoms with Crippen molar-refractivity contribution in [3.05, 3.63) is 28.6 Å². The molecule has 0 unspecified atom stereocenters. The monoisotopic (exact) mass is 289 g/mol. The second kappa shape index (κ2) is 4.98. The Hall–Kier alpha value is -1.33. The van der Waals surface area contributed by atoms with Crippen LogP contribution in [0.4, 0.5) is 0 Å². The average molecular weight is 289 g/mol. The lowest BCUT2D eigenvalue weighted by Crippen LogP contribution is -1.93. The van der Waals surface area contributed by atoms with Gasteiger partial charge in [-0.3, -0.25) is 0 Å². The summed E-state index contributed by atoms with van der Waals surface area (Å²) in [5.41, 5.74) is 4.27. The maximum atomic E-state index is 4.75. The van der Waals surface area contributed by atoms with Gasteiger partial charge in [0.1, 0.15) is 11.3 Å². The number of aromatic nitrogens is 3. The molecule has 0 radical (unpaired) electrons. The second-order valence-corrected chi connectivity index (χ2v) is 6.48. The summed E-state index contributed by atoms with van der Waals surface area (Å²) in [6.07, 6.45) is 1.89. The van der Waals surface area contributed by atoms with Crippen molar-refractivity contribution in [2.75, 3.05) is 5.75 Å². The fourth-order valence-corrected chi connectivity index (χ4v) is 3.95. The molecule has 5 heteroatoms. The summed E-state index contributed by atoms with van der Waals surface area (Å²) in [7, 11) is 2.03. The van der Waals surface area contributed by atoms with Crippen LogP contribution >= 0.6 is 23.1 Å². The van der Waals surface area contributed by atoms with Crippen LogP contribution in [0.5, 0.6) is 0 Å². The highest BCUT2D eigenvalue weighted by Gasteiger charge is 2.15. The van der Waals surface area contributed by atoms with Crippen molar-refractivity contribution in [3.63, 3.8) is 0 Å². The summed E-state index contributed by atoms with van der Waals surface area (Å²) in [5, 5.41) is 4.37. The minimum absolute atomic E-state index is 0.944. The van der Waals surface area contributed by atoms with Crippen molar-refractivity contribution >= 4 is 34.3 Å². The van der Waals surface area contributed by atoms with E-state index < -0.39 is 0 Å². The van der Waals surface area contributed by atoms with E-state index in [-0.39, 0.29) is 0 Å². The summed E-state index contributed by atoms with van der Waals surface area (Å²) in [4.78, 5) is 10.5. The maximum absolute atomic E-state index is 4.75. The Labute approximate surface area is 120 Å². The van der Waals surface area contributed by atoms with Crippen LogP contribution in [-0.4, -0.2) is 20.3 Å². The third-order valence-corrected chi connectivity index (χ3v) is 4.84. The van der Waals surface area contributed by atoms with Crippen molar-refractivity contribution in [2.24, 2.45) is 7.05 Å². The topological polar surface area (TPSA) is 30.7 Å². The molecule has 0 fully saturated rings. The predicted molar refractivity (Wildman–Crippen MR) is 83.0 cm³/mol. The fourth-order valence-electron chi connectivity index (χ4n) is 2.13. The fraction of sp³-hybridized carbons (Fsp3) is 0.286. The van der Waals surface area contributed by atoms with Gasteiger partial charge in [-0.1, -0.05) is 6.92 Å². The van der Waals surface area contributed by atoms with Crippen molar-refractivity contribution in [1.29, 1.82) is 0 Å². The van der Waals surface area contributed by atoms with Crippen LogP contribution in [0.15, 0.2) is 27.9 Å². The molecular formula is C14H15N3S2. The standard InChI is InChI=1S/C14H15N3S2/c1-4-19-12-8-18-7-10(12)13-16-11-5-9(2)6-15-14(11)17(13)3/h5-8H,4H2,1-3H3. The van der Waals surface area contributed by atoms with Gasteiger partial charge >= 0.3 is 0 Å². The van der Waals surface area contributed by atoms with Gasteiger partial charge < -0.3 is 4.57 Å². The molecule has 0 aromatic carbocycles. The third kappa shape index (κ3) is 2.17. The zero-order chi connectivity index (χ0) is 13.4. The van der Waals surface area contributed by atoms with Gasteiger partial charge in [-0.15, -0.1) is 11.8 Å². The van der Waals surface area contributed by atoms with E-state index in [4.69, 9.17) is 4.98 Å². The molecule has 0 N–H and O–H groups in total. The smallest absolute Gasteiger partial charge is 0.160 e. The Bertz CT molecular complexity index is 727. The maximum Gasteiger partial charge on any atom is 0.160 e. The number of imidazole rings is 1. The number of thiophene rings is 1. The molecule has 0 saturated carbocycles. The van der Waals surface area contributed by atoms with Crippen LogP contribution in [0.3, 0.4) is 0 Å². The number of hydrogen-bond acceptors (Lipinski definition) is 4. The Morgan fingerprint density at radius 3 is 3.00 bits per heavy atom. The summed E-state index contributed by atoms with van der Waals surface area (Å²) in [6.45, 7) is 4.22. The number of aryl methyl sites for hydroxylation is 2. The molecular weight excluding hydrogens is 274 g/mol. The Balaban J connectivity index is 2.19. The lowest BCUT2D eigenvalue weighted by molar-refractivity contribution is 0.939. The molecule has 0 spiro atoms. The van der Waals surface area contributed by atoms with Crippen molar-refractivity contribution in [1.82, 2.24) is 14.5 Å². The SMILES string of the molecule is CCSc1cscc1-c1nc2cc(C)cnc2n1C. The van der Waals surface area contributed by atoms with E-state index >= 15 is 0 Å². The summed E-state index contributed by atoms with van der Waals surface area (Å²) in [5.74, 6) is 2.08. The van der Waals surface area contributed by atoms with Gasteiger partial charge in [0.05, 0.1) is 0 Å². The van der Waals surface area contributed by atoms with E-state index in [2.05, 4.69) is 33.3 Å². The largest absolute Gasteiger partial charge is 0.312 e. The summed E-state index contributed by atoms with van der Waals surface area (Å²) < 4.78 is 2.08. The molecule has 3 nitrogen and oxygen atoms in total. The van der Waals surface area contributed by atoms with Gasteiger partial charge in [-0.05, 0) is 24.3 Å². The summed E-state index contributed by atoms with van der Waals surface area (Å²) in [6, 6.07) is 2.09. The minimum Gasteiger partial charge on any atom is -0.312 e. The molecule has 0 atom stereocenters. The number of hydrogen-bond donors (Lipinski definition) is 0. The molecule has 0 bridgehead atoms. The molecule has 98 valence electrons. The molecule has 0 aliphatic carbocycles. The molecule has 0 amide bonds. The van der Waals surface area contributed by atoms with Crippen LogP contribution in [0.2, 0.25) is 0 Å². The normalized spacial score (nSPS) is 11.3. The highest BCUT2D eigenvalue weighted by atomic mass is 32.2. The van der Waals surface area contributed by atoms with Crippen molar-refractivity contribution in [2.45, 2.75) is 18.7 Å². The van der Waals surface area contributed by atoms with Crippen LogP contribution in [0.25, 0.3) is 22.6 Å². The first kappa shape index (κ1) is 12.7. The van der Waals surface area contributed by atoms with E-state index in [1.54, 1.807) is 11.3 Å². The van der Waals surface area contributed by atoms with E-state index in [1.165, 1.54) is 10.5 Å². The number of fused-ring (bicyclic) bond motifs is 1. The zero-order valence-electron chi connectivity index (χ0n) is 11.2. The van der Waals surface area contributed by atoms with Gasteiger partial charge in [0, 0.05) is 34.5 Å². The molecule has 3 aromatic rings. The van der Waals surface area contributed by atoms with E-state index in [0.717, 1.165) is 28.3 Å². The van der Waals surface area contributed by atoms with Gasteiger partial charge in [-0.25, -0.2) is 9.97 Å².